The Morgan fingerprint density at radius 1 is 1.33 bits per heavy atom. The van der Waals surface area contributed by atoms with E-state index in [0.717, 1.165) is 5.56 Å². The summed E-state index contributed by atoms with van der Waals surface area (Å²) >= 11 is 0. The molecule has 0 amide bonds. The molecule has 1 aromatic rings. The first-order valence-corrected chi connectivity index (χ1v) is 4.54. The lowest BCUT2D eigenvalue weighted by Gasteiger charge is -2.36. The summed E-state index contributed by atoms with van der Waals surface area (Å²) in [5.41, 5.74) is 5.94. The minimum absolute atomic E-state index is 0.0541. The fourth-order valence-electron chi connectivity index (χ4n) is 1.47. The van der Waals surface area contributed by atoms with Crippen LogP contribution in [0.4, 0.5) is 0 Å². The average molecular weight is 208 g/mol. The first-order chi connectivity index (χ1) is 7.15. The van der Waals surface area contributed by atoms with E-state index in [0.29, 0.717) is 18.8 Å². The van der Waals surface area contributed by atoms with E-state index in [-0.39, 0.29) is 5.84 Å². The number of nitrogens with zero attached hydrogens (tertiary/aromatic N) is 1. The monoisotopic (exact) mass is 208 g/mol. The molecule has 1 saturated heterocycles. The molecule has 1 aliphatic rings. The highest BCUT2D eigenvalue weighted by molar-refractivity contribution is 5.96. The molecule has 0 unspecified atom stereocenters. The number of hydrogen-bond donors (Lipinski definition) is 3. The summed E-state index contributed by atoms with van der Waals surface area (Å²) in [4.78, 5) is 0. The molecule has 15 heavy (non-hydrogen) atoms. The van der Waals surface area contributed by atoms with Crippen molar-refractivity contribution in [3.63, 3.8) is 0 Å². The third kappa shape index (κ3) is 1.67. The topological polar surface area (TPSA) is 88.1 Å². The zero-order valence-corrected chi connectivity index (χ0v) is 8.05. The number of benzene rings is 1. The van der Waals surface area contributed by atoms with Crippen LogP contribution < -0.4 is 5.73 Å². The lowest BCUT2D eigenvalue weighted by atomic mass is 9.91. The fourth-order valence-corrected chi connectivity index (χ4v) is 1.47. The van der Waals surface area contributed by atoms with Crippen LogP contribution in [0.3, 0.4) is 0 Å². The molecule has 0 radical (unpaired) electrons. The molecule has 0 atom stereocenters. The maximum Gasteiger partial charge on any atom is 0.170 e. The van der Waals surface area contributed by atoms with Crippen LogP contribution in [0.15, 0.2) is 29.4 Å². The van der Waals surface area contributed by atoms with Crippen LogP contribution in [0, 0.1) is 0 Å². The predicted molar refractivity (Wildman–Crippen MR) is 53.7 cm³/mol. The number of nitrogens with two attached hydrogens (primary N) is 1. The van der Waals surface area contributed by atoms with Crippen molar-refractivity contribution in [2.75, 3.05) is 13.2 Å². The summed E-state index contributed by atoms with van der Waals surface area (Å²) in [6.45, 7) is 0.631. The van der Waals surface area contributed by atoms with Crippen molar-refractivity contribution >= 4 is 5.84 Å². The molecule has 80 valence electrons. The molecule has 1 aliphatic heterocycles. The Bertz CT molecular complexity index is 382. The number of rotatable bonds is 2. The molecule has 1 fully saturated rings. The molecule has 0 saturated carbocycles. The maximum absolute atomic E-state index is 9.93. The van der Waals surface area contributed by atoms with Gasteiger partial charge in [0.25, 0.3) is 0 Å². The SMILES string of the molecule is N/C(=N\O)c1ccc(C2(O)COC2)cc1. The normalized spacial score (nSPS) is 19.7. The van der Waals surface area contributed by atoms with Gasteiger partial charge in [0.15, 0.2) is 5.84 Å². The van der Waals surface area contributed by atoms with Gasteiger partial charge in [-0.1, -0.05) is 29.4 Å². The van der Waals surface area contributed by atoms with E-state index in [1.54, 1.807) is 24.3 Å². The smallest absolute Gasteiger partial charge is 0.170 e. The Morgan fingerprint density at radius 3 is 2.33 bits per heavy atom. The van der Waals surface area contributed by atoms with E-state index in [2.05, 4.69) is 5.16 Å². The number of oxime groups is 1. The van der Waals surface area contributed by atoms with Gasteiger partial charge < -0.3 is 20.8 Å². The standard InChI is InChI=1S/C10H12N2O3/c11-9(12-14)7-1-3-8(4-2-7)10(13)5-15-6-10/h1-4,13-14H,5-6H2,(H2,11,12). The van der Waals surface area contributed by atoms with E-state index in [9.17, 15) is 5.11 Å². The van der Waals surface area contributed by atoms with Crippen molar-refractivity contribution in [2.45, 2.75) is 5.60 Å². The zero-order chi connectivity index (χ0) is 10.9. The molecule has 4 N–H and O–H groups in total. The van der Waals surface area contributed by atoms with Crippen molar-refractivity contribution < 1.29 is 15.1 Å². The van der Waals surface area contributed by atoms with Gasteiger partial charge in [-0.25, -0.2) is 0 Å². The minimum atomic E-state index is -0.871. The van der Waals surface area contributed by atoms with E-state index < -0.39 is 5.60 Å². The van der Waals surface area contributed by atoms with Gasteiger partial charge in [0.1, 0.15) is 5.60 Å². The third-order valence-electron chi connectivity index (χ3n) is 2.51. The van der Waals surface area contributed by atoms with Crippen LogP contribution in [0.2, 0.25) is 0 Å². The van der Waals surface area contributed by atoms with E-state index in [4.69, 9.17) is 15.7 Å². The second kappa shape index (κ2) is 3.52. The third-order valence-corrected chi connectivity index (χ3v) is 2.51. The van der Waals surface area contributed by atoms with Gasteiger partial charge >= 0.3 is 0 Å². The van der Waals surface area contributed by atoms with Crippen LogP contribution in [-0.2, 0) is 10.3 Å². The highest BCUT2D eigenvalue weighted by atomic mass is 16.5. The number of aliphatic hydroxyl groups is 1. The minimum Gasteiger partial charge on any atom is -0.409 e. The highest BCUT2D eigenvalue weighted by Gasteiger charge is 2.37. The first-order valence-electron chi connectivity index (χ1n) is 4.54. The molecule has 1 aromatic carbocycles. The summed E-state index contributed by atoms with van der Waals surface area (Å²) in [7, 11) is 0. The summed E-state index contributed by atoms with van der Waals surface area (Å²) in [6.07, 6.45) is 0. The second-order valence-corrected chi connectivity index (χ2v) is 3.59. The van der Waals surface area contributed by atoms with Crippen LogP contribution in [-0.4, -0.2) is 29.4 Å². The van der Waals surface area contributed by atoms with E-state index in [1.165, 1.54) is 0 Å². The zero-order valence-electron chi connectivity index (χ0n) is 8.05. The van der Waals surface area contributed by atoms with Crippen LogP contribution in [0.1, 0.15) is 11.1 Å². The van der Waals surface area contributed by atoms with Gasteiger partial charge in [0.2, 0.25) is 0 Å². The van der Waals surface area contributed by atoms with E-state index in [1.807, 2.05) is 0 Å². The van der Waals surface area contributed by atoms with Crippen molar-refractivity contribution in [1.29, 1.82) is 0 Å². The largest absolute Gasteiger partial charge is 0.409 e. The highest BCUT2D eigenvalue weighted by Crippen LogP contribution is 2.29. The quantitative estimate of drug-likeness (QED) is 0.276. The molecule has 2 rings (SSSR count). The van der Waals surface area contributed by atoms with Gasteiger partial charge in [0.05, 0.1) is 13.2 Å². The number of amidine groups is 1. The first kappa shape index (κ1) is 9.95. The maximum atomic E-state index is 9.93. The van der Waals surface area contributed by atoms with Crippen molar-refractivity contribution in [3.05, 3.63) is 35.4 Å². The molecule has 0 spiro atoms. The molecular weight excluding hydrogens is 196 g/mol. The Hall–Kier alpha value is -1.59. The van der Waals surface area contributed by atoms with Crippen LogP contribution in [0.25, 0.3) is 0 Å². The van der Waals surface area contributed by atoms with Gasteiger partial charge in [0, 0.05) is 5.56 Å². The number of hydrogen-bond acceptors (Lipinski definition) is 4. The molecule has 1 heterocycles. The van der Waals surface area contributed by atoms with Gasteiger partial charge in [-0.3, -0.25) is 0 Å². The molecule has 0 aromatic heterocycles. The fraction of sp³-hybridized carbons (Fsp3) is 0.300. The lowest BCUT2D eigenvalue weighted by molar-refractivity contribution is -0.184. The van der Waals surface area contributed by atoms with Crippen molar-refractivity contribution in [1.82, 2.24) is 0 Å². The molecule has 0 bridgehead atoms. The van der Waals surface area contributed by atoms with Crippen LogP contribution in [0.5, 0.6) is 0 Å². The summed E-state index contributed by atoms with van der Waals surface area (Å²) in [5.74, 6) is 0.0541. The summed E-state index contributed by atoms with van der Waals surface area (Å²) < 4.78 is 4.95. The van der Waals surface area contributed by atoms with Crippen molar-refractivity contribution in [3.8, 4) is 0 Å². The molecular formula is C10H12N2O3. The molecule has 0 aliphatic carbocycles. The molecule has 5 heteroatoms. The Morgan fingerprint density at radius 2 is 1.93 bits per heavy atom. The predicted octanol–water partition coefficient (Wildman–Crippen LogP) is -0.00110. The lowest BCUT2D eigenvalue weighted by Crippen LogP contribution is -2.46. The van der Waals surface area contributed by atoms with E-state index >= 15 is 0 Å². The number of ether oxygens (including phenoxy) is 1. The van der Waals surface area contributed by atoms with Gasteiger partial charge in [-0.05, 0) is 5.56 Å². The summed E-state index contributed by atoms with van der Waals surface area (Å²) in [6, 6.07) is 6.88. The van der Waals surface area contributed by atoms with Crippen LogP contribution >= 0.6 is 0 Å². The van der Waals surface area contributed by atoms with Gasteiger partial charge in [-0.2, -0.15) is 0 Å². The average Bonchev–Trinajstić information content (AvgIpc) is 2.25. The Balaban J connectivity index is 2.24. The summed E-state index contributed by atoms with van der Waals surface area (Å²) in [5, 5.41) is 21.3. The van der Waals surface area contributed by atoms with Gasteiger partial charge in [-0.15, -0.1) is 0 Å². The second-order valence-electron chi connectivity index (χ2n) is 3.59. The molecule has 5 nitrogen and oxygen atoms in total. The van der Waals surface area contributed by atoms with Crippen molar-refractivity contribution in [2.24, 2.45) is 10.9 Å². The Kier molecular flexibility index (Phi) is 2.34. The Labute approximate surface area is 86.8 Å².